The van der Waals surface area contributed by atoms with E-state index >= 15 is 0 Å². The van der Waals surface area contributed by atoms with Crippen molar-refractivity contribution < 1.29 is 9.53 Å². The minimum Gasteiger partial charge on any atom is -0.463 e. The van der Waals surface area contributed by atoms with Gasteiger partial charge in [0, 0.05) is 27.9 Å². The van der Waals surface area contributed by atoms with Gasteiger partial charge in [-0.05, 0) is 30.7 Å². The summed E-state index contributed by atoms with van der Waals surface area (Å²) in [4.78, 5) is 14.7. The van der Waals surface area contributed by atoms with Gasteiger partial charge in [-0.25, -0.2) is 4.79 Å². The van der Waals surface area contributed by atoms with Crippen molar-refractivity contribution in [2.75, 3.05) is 6.61 Å². The fraction of sp³-hybridized carbons (Fsp3) is 0.118. The second-order valence-electron chi connectivity index (χ2n) is 4.56. The zero-order valence-electron chi connectivity index (χ0n) is 11.2. The first-order chi connectivity index (χ1) is 9.78. The summed E-state index contributed by atoms with van der Waals surface area (Å²) in [6.45, 7) is 2.19. The molecular formula is C17H15NO2. The lowest BCUT2D eigenvalue weighted by atomic mass is 10.1. The Balaban J connectivity index is 1.99. The van der Waals surface area contributed by atoms with Crippen LogP contribution in [-0.4, -0.2) is 17.6 Å². The first-order valence-corrected chi connectivity index (χ1v) is 6.63. The number of aromatic amines is 1. The summed E-state index contributed by atoms with van der Waals surface area (Å²) in [6.07, 6.45) is 3.22. The van der Waals surface area contributed by atoms with Crippen LogP contribution in [0.15, 0.2) is 48.5 Å². The van der Waals surface area contributed by atoms with Crippen LogP contribution >= 0.6 is 0 Å². The lowest BCUT2D eigenvalue weighted by molar-refractivity contribution is -0.137. The van der Waals surface area contributed by atoms with Gasteiger partial charge in [-0.15, -0.1) is 0 Å². The number of esters is 1. The Kier molecular flexibility index (Phi) is 3.25. The molecule has 3 nitrogen and oxygen atoms in total. The number of carbonyl (C=O) groups is 1. The molecule has 3 rings (SSSR count). The highest BCUT2D eigenvalue weighted by molar-refractivity contribution is 6.07. The third-order valence-corrected chi connectivity index (χ3v) is 3.23. The van der Waals surface area contributed by atoms with Crippen molar-refractivity contribution >= 4 is 33.9 Å². The van der Waals surface area contributed by atoms with Crippen LogP contribution in [-0.2, 0) is 9.53 Å². The maximum atomic E-state index is 11.3. The number of benzene rings is 2. The Hall–Kier alpha value is -2.55. The van der Waals surface area contributed by atoms with Gasteiger partial charge in [-0.3, -0.25) is 0 Å². The molecule has 1 N–H and O–H groups in total. The molecule has 3 heteroatoms. The number of ether oxygens (including phenoxy) is 1. The van der Waals surface area contributed by atoms with Gasteiger partial charge in [0.15, 0.2) is 0 Å². The molecule has 3 aromatic rings. The summed E-state index contributed by atoms with van der Waals surface area (Å²) in [5.74, 6) is -0.316. The van der Waals surface area contributed by atoms with Crippen LogP contribution in [0.1, 0.15) is 12.5 Å². The highest BCUT2D eigenvalue weighted by Gasteiger charge is 2.03. The molecular weight excluding hydrogens is 250 g/mol. The van der Waals surface area contributed by atoms with Crippen molar-refractivity contribution in [2.24, 2.45) is 0 Å². The molecule has 0 unspecified atom stereocenters. The molecule has 0 aliphatic carbocycles. The Labute approximate surface area is 116 Å². The number of H-pyrrole nitrogens is 1. The molecule has 0 atom stereocenters. The van der Waals surface area contributed by atoms with Crippen LogP contribution < -0.4 is 0 Å². The molecule has 0 spiro atoms. The van der Waals surface area contributed by atoms with E-state index in [1.165, 1.54) is 16.8 Å². The van der Waals surface area contributed by atoms with Crippen molar-refractivity contribution in [3.05, 3.63) is 54.1 Å². The van der Waals surface area contributed by atoms with Crippen molar-refractivity contribution in [3.63, 3.8) is 0 Å². The summed E-state index contributed by atoms with van der Waals surface area (Å²) in [7, 11) is 0. The number of carbonyl (C=O) groups excluding carboxylic acids is 1. The molecule has 0 aliphatic rings. The molecule has 0 bridgehead atoms. The van der Waals surface area contributed by atoms with E-state index in [4.69, 9.17) is 4.74 Å². The molecule has 1 aromatic heterocycles. The van der Waals surface area contributed by atoms with E-state index in [-0.39, 0.29) is 5.97 Å². The van der Waals surface area contributed by atoms with Crippen LogP contribution in [0.2, 0.25) is 0 Å². The highest BCUT2D eigenvalue weighted by atomic mass is 16.5. The molecule has 0 radical (unpaired) electrons. The average Bonchev–Trinajstić information content (AvgIpc) is 2.83. The minimum atomic E-state index is -0.316. The number of fused-ring (bicyclic) bond motifs is 3. The first-order valence-electron chi connectivity index (χ1n) is 6.63. The molecule has 100 valence electrons. The number of rotatable bonds is 3. The standard InChI is InChI=1S/C17H15NO2/c1-2-20-17(19)10-8-12-7-9-14-13-5-3-4-6-15(13)18-16(14)11-12/h3-11,18H,2H2,1H3. The highest BCUT2D eigenvalue weighted by Crippen LogP contribution is 2.26. The third-order valence-electron chi connectivity index (χ3n) is 3.23. The Bertz CT molecular complexity index is 799. The van der Waals surface area contributed by atoms with Gasteiger partial charge in [0.25, 0.3) is 0 Å². The van der Waals surface area contributed by atoms with Gasteiger partial charge >= 0.3 is 5.97 Å². The van der Waals surface area contributed by atoms with Gasteiger partial charge in [0.2, 0.25) is 0 Å². The van der Waals surface area contributed by atoms with E-state index < -0.39 is 0 Å². The maximum absolute atomic E-state index is 11.3. The van der Waals surface area contributed by atoms with Crippen molar-refractivity contribution in [1.29, 1.82) is 0 Å². The lowest BCUT2D eigenvalue weighted by Gasteiger charge is -1.96. The first kappa shape index (κ1) is 12.5. The number of hydrogen-bond donors (Lipinski definition) is 1. The van der Waals surface area contributed by atoms with E-state index in [0.717, 1.165) is 16.6 Å². The van der Waals surface area contributed by atoms with Gasteiger partial charge in [-0.1, -0.05) is 30.3 Å². The Morgan fingerprint density at radius 3 is 2.80 bits per heavy atom. The minimum absolute atomic E-state index is 0.316. The normalized spacial score (nSPS) is 11.4. The quantitative estimate of drug-likeness (QED) is 0.576. The number of aromatic nitrogens is 1. The van der Waals surface area contributed by atoms with E-state index in [1.807, 2.05) is 24.3 Å². The molecule has 2 aromatic carbocycles. The Morgan fingerprint density at radius 2 is 1.95 bits per heavy atom. The monoisotopic (exact) mass is 265 g/mol. The summed E-state index contributed by atoms with van der Waals surface area (Å²) >= 11 is 0. The van der Waals surface area contributed by atoms with Crippen LogP contribution in [0.5, 0.6) is 0 Å². The second kappa shape index (κ2) is 5.21. The largest absolute Gasteiger partial charge is 0.463 e. The van der Waals surface area contributed by atoms with Crippen LogP contribution in [0.3, 0.4) is 0 Å². The van der Waals surface area contributed by atoms with Crippen molar-refractivity contribution in [1.82, 2.24) is 4.98 Å². The smallest absolute Gasteiger partial charge is 0.330 e. The number of hydrogen-bond acceptors (Lipinski definition) is 2. The van der Waals surface area contributed by atoms with Gasteiger partial charge in [0.1, 0.15) is 0 Å². The molecule has 0 fully saturated rings. The number of para-hydroxylation sites is 1. The lowest BCUT2D eigenvalue weighted by Crippen LogP contribution is -1.98. The number of nitrogens with one attached hydrogen (secondary N) is 1. The molecule has 0 saturated heterocycles. The molecule has 0 amide bonds. The molecule has 0 saturated carbocycles. The van der Waals surface area contributed by atoms with Crippen LogP contribution in [0.4, 0.5) is 0 Å². The van der Waals surface area contributed by atoms with Gasteiger partial charge in [-0.2, -0.15) is 0 Å². The molecule has 1 heterocycles. The van der Waals surface area contributed by atoms with E-state index in [0.29, 0.717) is 6.61 Å². The second-order valence-corrected chi connectivity index (χ2v) is 4.56. The van der Waals surface area contributed by atoms with E-state index in [1.54, 1.807) is 13.0 Å². The zero-order valence-corrected chi connectivity index (χ0v) is 11.2. The molecule has 0 aliphatic heterocycles. The van der Waals surface area contributed by atoms with Crippen molar-refractivity contribution in [2.45, 2.75) is 6.92 Å². The van der Waals surface area contributed by atoms with Crippen LogP contribution in [0, 0.1) is 0 Å². The maximum Gasteiger partial charge on any atom is 0.330 e. The predicted molar refractivity (Wildman–Crippen MR) is 81.5 cm³/mol. The Morgan fingerprint density at radius 1 is 1.15 bits per heavy atom. The summed E-state index contributed by atoms with van der Waals surface area (Å²) in [6, 6.07) is 14.3. The van der Waals surface area contributed by atoms with Gasteiger partial charge < -0.3 is 9.72 Å². The van der Waals surface area contributed by atoms with Crippen LogP contribution in [0.25, 0.3) is 27.9 Å². The fourth-order valence-electron chi connectivity index (χ4n) is 2.33. The summed E-state index contributed by atoms with van der Waals surface area (Å²) < 4.78 is 4.87. The van der Waals surface area contributed by atoms with E-state index in [2.05, 4.69) is 23.2 Å². The fourth-order valence-corrected chi connectivity index (χ4v) is 2.33. The van der Waals surface area contributed by atoms with E-state index in [9.17, 15) is 4.79 Å². The average molecular weight is 265 g/mol. The third kappa shape index (κ3) is 2.30. The summed E-state index contributed by atoms with van der Waals surface area (Å²) in [5.41, 5.74) is 3.16. The zero-order chi connectivity index (χ0) is 13.9. The predicted octanol–water partition coefficient (Wildman–Crippen LogP) is 3.90. The summed E-state index contributed by atoms with van der Waals surface area (Å²) in [5, 5.41) is 2.40. The SMILES string of the molecule is CCOC(=O)C=Cc1ccc2c(c1)[nH]c1ccccc12. The molecule has 20 heavy (non-hydrogen) atoms. The van der Waals surface area contributed by atoms with Gasteiger partial charge in [0.05, 0.1) is 6.61 Å². The topological polar surface area (TPSA) is 42.1 Å². The van der Waals surface area contributed by atoms with Crippen molar-refractivity contribution in [3.8, 4) is 0 Å².